The van der Waals surface area contributed by atoms with E-state index in [1.807, 2.05) is 0 Å². The summed E-state index contributed by atoms with van der Waals surface area (Å²) in [5, 5.41) is 0. The highest BCUT2D eigenvalue weighted by Gasteiger charge is 2.62. The van der Waals surface area contributed by atoms with Crippen LogP contribution in [-0.2, 0) is 0 Å². The first-order valence-corrected chi connectivity index (χ1v) is 9.78. The molecule has 4 fully saturated rings. The summed E-state index contributed by atoms with van der Waals surface area (Å²) in [7, 11) is 0. The summed E-state index contributed by atoms with van der Waals surface area (Å²) < 4.78 is 0. The van der Waals surface area contributed by atoms with Gasteiger partial charge >= 0.3 is 0 Å². The lowest BCUT2D eigenvalue weighted by molar-refractivity contribution is -0.138. The third-order valence-electron chi connectivity index (χ3n) is 8.81. The van der Waals surface area contributed by atoms with Crippen LogP contribution in [0.15, 0.2) is 0 Å². The van der Waals surface area contributed by atoms with Crippen LogP contribution in [0.4, 0.5) is 0 Å². The van der Waals surface area contributed by atoms with Gasteiger partial charge in [-0.25, -0.2) is 0 Å². The monoisotopic (exact) mass is 289 g/mol. The van der Waals surface area contributed by atoms with Gasteiger partial charge in [-0.15, -0.1) is 0 Å². The molecule has 120 valence electrons. The summed E-state index contributed by atoms with van der Waals surface area (Å²) in [4.78, 5) is 0. The zero-order valence-electron chi connectivity index (χ0n) is 14.3. The molecule has 2 N–H and O–H groups in total. The lowest BCUT2D eigenvalue weighted by Crippen LogP contribution is -2.68. The van der Waals surface area contributed by atoms with Gasteiger partial charge in [-0.2, -0.15) is 0 Å². The Morgan fingerprint density at radius 1 is 0.714 bits per heavy atom. The van der Waals surface area contributed by atoms with E-state index in [1.54, 1.807) is 0 Å². The van der Waals surface area contributed by atoms with E-state index in [4.69, 9.17) is 5.73 Å². The Labute approximate surface area is 131 Å². The third kappa shape index (κ3) is 1.92. The van der Waals surface area contributed by atoms with Crippen molar-refractivity contribution in [1.29, 1.82) is 0 Å². The lowest BCUT2D eigenvalue weighted by atomic mass is 9.40. The van der Waals surface area contributed by atoms with E-state index < -0.39 is 0 Å². The van der Waals surface area contributed by atoms with Crippen molar-refractivity contribution in [2.75, 3.05) is 0 Å². The Morgan fingerprint density at radius 3 is 2.33 bits per heavy atom. The zero-order valence-corrected chi connectivity index (χ0v) is 14.3. The molecule has 3 unspecified atom stereocenters. The fourth-order valence-corrected chi connectivity index (χ4v) is 7.68. The van der Waals surface area contributed by atoms with Gasteiger partial charge in [0.1, 0.15) is 0 Å². The predicted molar refractivity (Wildman–Crippen MR) is 89.0 cm³/mol. The van der Waals surface area contributed by atoms with E-state index >= 15 is 0 Å². The standard InChI is InChI=1S/C20H35N/c1-18-11-5-4-8-16(18)20(21)14-9-15-7-3-6-12-19(15,2)17(20)10-13-18/h15-17H,3-14,21H2,1-2H3/t15?,16?,17?,18-,19-,20+/m0/s1. The summed E-state index contributed by atoms with van der Waals surface area (Å²) in [6.07, 6.45) is 17.3. The minimum absolute atomic E-state index is 0.177. The van der Waals surface area contributed by atoms with Crippen LogP contribution in [-0.4, -0.2) is 5.54 Å². The molecule has 0 radical (unpaired) electrons. The first-order valence-electron chi connectivity index (χ1n) is 9.78. The molecule has 6 atom stereocenters. The van der Waals surface area contributed by atoms with Crippen molar-refractivity contribution >= 4 is 0 Å². The minimum Gasteiger partial charge on any atom is -0.325 e. The normalized spacial score (nSPS) is 57.0. The second-order valence-electron chi connectivity index (χ2n) is 9.64. The maximum Gasteiger partial charge on any atom is 0.0222 e. The molecule has 21 heavy (non-hydrogen) atoms. The first-order chi connectivity index (χ1) is 9.99. The van der Waals surface area contributed by atoms with Crippen LogP contribution in [0.3, 0.4) is 0 Å². The Balaban J connectivity index is 1.70. The summed E-state index contributed by atoms with van der Waals surface area (Å²) in [5.74, 6) is 2.62. The van der Waals surface area contributed by atoms with Crippen molar-refractivity contribution in [2.24, 2.45) is 34.3 Å². The van der Waals surface area contributed by atoms with E-state index in [1.165, 1.54) is 77.0 Å². The maximum absolute atomic E-state index is 7.30. The highest BCUT2D eigenvalue weighted by molar-refractivity contribution is 5.15. The smallest absolute Gasteiger partial charge is 0.0222 e. The van der Waals surface area contributed by atoms with Crippen LogP contribution in [0.2, 0.25) is 0 Å². The van der Waals surface area contributed by atoms with E-state index in [9.17, 15) is 0 Å². The van der Waals surface area contributed by atoms with Gasteiger partial charge < -0.3 is 5.73 Å². The van der Waals surface area contributed by atoms with Gasteiger partial charge in [0.2, 0.25) is 0 Å². The molecule has 4 rings (SSSR count). The van der Waals surface area contributed by atoms with E-state index in [0.29, 0.717) is 10.8 Å². The maximum atomic E-state index is 7.30. The van der Waals surface area contributed by atoms with Gasteiger partial charge in [-0.05, 0) is 80.0 Å². The predicted octanol–water partition coefficient (Wildman–Crippen LogP) is 5.28. The quantitative estimate of drug-likeness (QED) is 0.645. The van der Waals surface area contributed by atoms with Crippen molar-refractivity contribution < 1.29 is 0 Å². The van der Waals surface area contributed by atoms with Crippen LogP contribution in [0.5, 0.6) is 0 Å². The average Bonchev–Trinajstić information content (AvgIpc) is 2.46. The fraction of sp³-hybridized carbons (Fsp3) is 1.00. The highest BCUT2D eigenvalue weighted by Crippen LogP contribution is 2.66. The van der Waals surface area contributed by atoms with Crippen LogP contribution in [0.1, 0.15) is 90.9 Å². The van der Waals surface area contributed by atoms with Gasteiger partial charge in [0.15, 0.2) is 0 Å². The molecule has 4 aliphatic carbocycles. The van der Waals surface area contributed by atoms with Crippen molar-refractivity contribution in [3.63, 3.8) is 0 Å². The van der Waals surface area contributed by atoms with E-state index in [-0.39, 0.29) is 5.54 Å². The number of nitrogens with two attached hydrogens (primary N) is 1. The molecule has 0 aromatic carbocycles. The second-order valence-corrected chi connectivity index (χ2v) is 9.64. The minimum atomic E-state index is 0.177. The molecule has 4 saturated carbocycles. The van der Waals surface area contributed by atoms with Crippen LogP contribution >= 0.6 is 0 Å². The number of hydrogen-bond donors (Lipinski definition) is 1. The Kier molecular flexibility index (Phi) is 3.27. The van der Waals surface area contributed by atoms with Crippen molar-refractivity contribution in [1.82, 2.24) is 0 Å². The molecular formula is C20H35N. The van der Waals surface area contributed by atoms with Crippen LogP contribution in [0.25, 0.3) is 0 Å². The van der Waals surface area contributed by atoms with Crippen molar-refractivity contribution in [3.8, 4) is 0 Å². The molecule has 0 aliphatic heterocycles. The molecule has 0 saturated heterocycles. The SMILES string of the molecule is C[C@@]12CCCCC1[C@]1(N)CCC3CCCC[C@]3(C)C1CC2. The molecule has 1 heteroatoms. The Bertz CT molecular complexity index is 418. The molecule has 0 aromatic heterocycles. The lowest BCUT2D eigenvalue weighted by Gasteiger charge is -2.66. The number of rotatable bonds is 0. The summed E-state index contributed by atoms with van der Waals surface area (Å²) >= 11 is 0. The molecule has 0 aromatic rings. The van der Waals surface area contributed by atoms with Gasteiger partial charge in [0, 0.05) is 5.54 Å². The third-order valence-corrected chi connectivity index (χ3v) is 8.81. The van der Waals surface area contributed by atoms with Crippen molar-refractivity contribution in [3.05, 3.63) is 0 Å². The largest absolute Gasteiger partial charge is 0.325 e. The molecule has 0 heterocycles. The van der Waals surface area contributed by atoms with E-state index in [0.717, 1.165) is 17.8 Å². The summed E-state index contributed by atoms with van der Waals surface area (Å²) in [6.45, 7) is 5.21. The highest BCUT2D eigenvalue weighted by atomic mass is 14.9. The summed E-state index contributed by atoms with van der Waals surface area (Å²) in [5.41, 5.74) is 8.62. The molecule has 4 aliphatic rings. The topological polar surface area (TPSA) is 26.0 Å². The molecule has 0 spiro atoms. The first kappa shape index (κ1) is 14.5. The zero-order chi connectivity index (χ0) is 14.7. The summed E-state index contributed by atoms with van der Waals surface area (Å²) in [6, 6.07) is 0. The van der Waals surface area contributed by atoms with Gasteiger partial charge in [0.25, 0.3) is 0 Å². The molecular weight excluding hydrogens is 254 g/mol. The van der Waals surface area contributed by atoms with Gasteiger partial charge in [-0.3, -0.25) is 0 Å². The number of fused-ring (bicyclic) bond motifs is 5. The molecule has 1 nitrogen and oxygen atoms in total. The molecule has 0 amide bonds. The van der Waals surface area contributed by atoms with Crippen LogP contribution in [0, 0.1) is 28.6 Å². The molecule has 0 bridgehead atoms. The van der Waals surface area contributed by atoms with Crippen molar-refractivity contribution in [2.45, 2.75) is 96.4 Å². The Hall–Kier alpha value is -0.0400. The Morgan fingerprint density at radius 2 is 1.48 bits per heavy atom. The number of hydrogen-bond acceptors (Lipinski definition) is 1. The van der Waals surface area contributed by atoms with Gasteiger partial charge in [0.05, 0.1) is 0 Å². The van der Waals surface area contributed by atoms with E-state index in [2.05, 4.69) is 13.8 Å². The fourth-order valence-electron chi connectivity index (χ4n) is 7.68. The van der Waals surface area contributed by atoms with Gasteiger partial charge in [-0.1, -0.05) is 39.5 Å². The average molecular weight is 290 g/mol. The second kappa shape index (κ2) is 4.73. The van der Waals surface area contributed by atoms with Crippen LogP contribution < -0.4 is 5.73 Å².